The van der Waals surface area contributed by atoms with E-state index in [1.165, 1.54) is 0 Å². The highest BCUT2D eigenvalue weighted by atomic mass is 16.6. The van der Waals surface area contributed by atoms with Gasteiger partial charge in [0.15, 0.2) is 6.61 Å². The molecular weight excluding hydrogens is 366 g/mol. The topological polar surface area (TPSA) is 64.6 Å². The molecule has 0 atom stereocenters. The number of carbonyl (C=O) groups is 2. The van der Waals surface area contributed by atoms with Crippen LogP contribution in [0.1, 0.15) is 27.0 Å². The molecule has 29 heavy (non-hydrogen) atoms. The first-order chi connectivity index (χ1) is 13.9. The van der Waals surface area contributed by atoms with E-state index in [9.17, 15) is 9.59 Å². The maximum Gasteiger partial charge on any atom is 0.349 e. The number of anilines is 1. The summed E-state index contributed by atoms with van der Waals surface area (Å²) in [4.78, 5) is 24.3. The van der Waals surface area contributed by atoms with Gasteiger partial charge in [-0.15, -0.1) is 0 Å². The Hall–Kier alpha value is -3.60. The third-order valence-electron chi connectivity index (χ3n) is 4.21. The Balaban J connectivity index is 1.53. The van der Waals surface area contributed by atoms with E-state index < -0.39 is 5.97 Å². The van der Waals surface area contributed by atoms with Crippen molar-refractivity contribution in [2.45, 2.75) is 20.8 Å². The molecule has 3 aromatic rings. The minimum Gasteiger partial charge on any atom is -0.482 e. The lowest BCUT2D eigenvalue weighted by Gasteiger charge is -2.09. The van der Waals surface area contributed by atoms with Gasteiger partial charge < -0.3 is 14.8 Å². The molecule has 5 heteroatoms. The van der Waals surface area contributed by atoms with Crippen LogP contribution >= 0.6 is 0 Å². The van der Waals surface area contributed by atoms with Crippen LogP contribution in [0.2, 0.25) is 0 Å². The first-order valence-corrected chi connectivity index (χ1v) is 9.29. The zero-order valence-corrected chi connectivity index (χ0v) is 16.7. The summed E-state index contributed by atoms with van der Waals surface area (Å²) < 4.78 is 10.8. The Kier molecular flexibility index (Phi) is 6.29. The molecule has 3 aromatic carbocycles. The number of nitrogens with one attached hydrogen (secondary N) is 1. The summed E-state index contributed by atoms with van der Waals surface area (Å²) in [5.74, 6) is 0.236. The summed E-state index contributed by atoms with van der Waals surface area (Å²) in [6.07, 6.45) is 0. The van der Waals surface area contributed by atoms with Gasteiger partial charge in [0.2, 0.25) is 0 Å². The van der Waals surface area contributed by atoms with Crippen LogP contribution in [0.3, 0.4) is 0 Å². The van der Waals surface area contributed by atoms with Crippen LogP contribution in [-0.2, 0) is 4.79 Å². The Bertz CT molecular complexity index is 988. The van der Waals surface area contributed by atoms with Gasteiger partial charge in [0.1, 0.15) is 11.5 Å². The maximum atomic E-state index is 12.3. The van der Waals surface area contributed by atoms with Gasteiger partial charge in [0, 0.05) is 11.3 Å². The Morgan fingerprint density at radius 3 is 2.00 bits per heavy atom. The zero-order chi connectivity index (χ0) is 20.8. The van der Waals surface area contributed by atoms with E-state index in [1.807, 2.05) is 63.2 Å². The standard InChI is InChI=1S/C24H23NO4/c1-16-4-8-20(9-5-16)25-24(27)19-6-10-21(11-7-19)29-23(26)15-28-22-13-17(2)12-18(3)14-22/h4-14H,15H2,1-3H3,(H,25,27). The molecule has 0 bridgehead atoms. The summed E-state index contributed by atoms with van der Waals surface area (Å²) >= 11 is 0. The number of amides is 1. The third-order valence-corrected chi connectivity index (χ3v) is 4.21. The molecule has 0 aliphatic carbocycles. The van der Waals surface area contributed by atoms with Gasteiger partial charge in [0.05, 0.1) is 0 Å². The van der Waals surface area contributed by atoms with Crippen molar-refractivity contribution in [3.8, 4) is 11.5 Å². The predicted octanol–water partition coefficient (Wildman–Crippen LogP) is 4.85. The lowest BCUT2D eigenvalue weighted by atomic mass is 10.1. The Labute approximate surface area is 170 Å². The maximum absolute atomic E-state index is 12.3. The molecule has 0 fully saturated rings. The van der Waals surface area contributed by atoms with Gasteiger partial charge in [0.25, 0.3) is 5.91 Å². The van der Waals surface area contributed by atoms with E-state index in [0.29, 0.717) is 17.1 Å². The summed E-state index contributed by atoms with van der Waals surface area (Å²) in [6, 6.07) is 19.7. The highest BCUT2D eigenvalue weighted by Gasteiger charge is 2.10. The van der Waals surface area contributed by atoms with Crippen LogP contribution in [0.5, 0.6) is 11.5 Å². The fraction of sp³-hybridized carbons (Fsp3) is 0.167. The molecule has 148 valence electrons. The van der Waals surface area contributed by atoms with E-state index >= 15 is 0 Å². The van der Waals surface area contributed by atoms with Gasteiger partial charge >= 0.3 is 5.97 Å². The molecule has 3 rings (SSSR count). The highest BCUT2D eigenvalue weighted by Crippen LogP contribution is 2.17. The second kappa shape index (κ2) is 9.06. The average molecular weight is 389 g/mol. The molecule has 0 aromatic heterocycles. The van der Waals surface area contributed by atoms with Crippen molar-refractivity contribution in [2.24, 2.45) is 0 Å². The molecule has 0 saturated carbocycles. The van der Waals surface area contributed by atoms with E-state index in [0.717, 1.165) is 22.4 Å². The van der Waals surface area contributed by atoms with Crippen LogP contribution in [0, 0.1) is 20.8 Å². The summed E-state index contributed by atoms with van der Waals surface area (Å²) in [6.45, 7) is 5.72. The lowest BCUT2D eigenvalue weighted by molar-refractivity contribution is -0.136. The molecule has 5 nitrogen and oxygen atoms in total. The average Bonchev–Trinajstić information content (AvgIpc) is 2.68. The van der Waals surface area contributed by atoms with Gasteiger partial charge in [-0.3, -0.25) is 4.79 Å². The number of carbonyl (C=O) groups excluding carboxylic acids is 2. The second-order valence-corrected chi connectivity index (χ2v) is 6.93. The largest absolute Gasteiger partial charge is 0.482 e. The molecule has 0 saturated heterocycles. The molecule has 0 spiro atoms. The third kappa shape index (κ3) is 5.94. The van der Waals surface area contributed by atoms with Gasteiger partial charge in [-0.2, -0.15) is 0 Å². The highest BCUT2D eigenvalue weighted by molar-refractivity contribution is 6.04. The van der Waals surface area contributed by atoms with Crippen LogP contribution < -0.4 is 14.8 Å². The van der Waals surface area contributed by atoms with Crippen molar-refractivity contribution in [1.29, 1.82) is 0 Å². The van der Waals surface area contributed by atoms with Gasteiger partial charge in [-0.05, 0) is 80.4 Å². The van der Waals surface area contributed by atoms with Crippen molar-refractivity contribution in [2.75, 3.05) is 11.9 Å². The minimum atomic E-state index is -0.513. The fourth-order valence-corrected chi connectivity index (χ4v) is 2.83. The molecule has 0 heterocycles. The van der Waals surface area contributed by atoms with Crippen molar-refractivity contribution < 1.29 is 19.1 Å². The molecule has 0 unspecified atom stereocenters. The SMILES string of the molecule is Cc1ccc(NC(=O)c2ccc(OC(=O)COc3cc(C)cc(C)c3)cc2)cc1. The zero-order valence-electron chi connectivity index (χ0n) is 16.7. The monoisotopic (exact) mass is 389 g/mol. The number of esters is 1. The van der Waals surface area contributed by atoms with E-state index in [1.54, 1.807) is 24.3 Å². The first-order valence-electron chi connectivity index (χ1n) is 9.29. The van der Waals surface area contributed by atoms with Crippen molar-refractivity contribution in [3.05, 3.63) is 89.0 Å². The number of hydrogen-bond acceptors (Lipinski definition) is 4. The smallest absolute Gasteiger partial charge is 0.349 e. The Morgan fingerprint density at radius 2 is 1.38 bits per heavy atom. The second-order valence-electron chi connectivity index (χ2n) is 6.93. The van der Waals surface area contributed by atoms with Crippen molar-refractivity contribution in [1.82, 2.24) is 0 Å². The van der Waals surface area contributed by atoms with Gasteiger partial charge in [-0.1, -0.05) is 23.8 Å². The Morgan fingerprint density at radius 1 is 0.759 bits per heavy atom. The predicted molar refractivity (Wildman–Crippen MR) is 113 cm³/mol. The molecule has 1 amide bonds. The van der Waals surface area contributed by atoms with E-state index in [4.69, 9.17) is 9.47 Å². The number of hydrogen-bond donors (Lipinski definition) is 1. The van der Waals surface area contributed by atoms with E-state index in [2.05, 4.69) is 5.32 Å². The van der Waals surface area contributed by atoms with Gasteiger partial charge in [-0.25, -0.2) is 4.79 Å². The number of rotatable bonds is 6. The summed E-state index contributed by atoms with van der Waals surface area (Å²) in [5.41, 5.74) is 4.44. The van der Waals surface area contributed by atoms with Crippen LogP contribution in [0.4, 0.5) is 5.69 Å². The van der Waals surface area contributed by atoms with Crippen LogP contribution in [0.15, 0.2) is 66.7 Å². The molecule has 0 radical (unpaired) electrons. The fourth-order valence-electron chi connectivity index (χ4n) is 2.83. The quantitative estimate of drug-likeness (QED) is 0.484. The van der Waals surface area contributed by atoms with Crippen molar-refractivity contribution >= 4 is 17.6 Å². The van der Waals surface area contributed by atoms with E-state index in [-0.39, 0.29) is 12.5 Å². The molecule has 1 N–H and O–H groups in total. The number of benzene rings is 3. The molecule has 0 aliphatic heterocycles. The minimum absolute atomic E-state index is 0.196. The van der Waals surface area contributed by atoms with Crippen LogP contribution in [-0.4, -0.2) is 18.5 Å². The normalized spacial score (nSPS) is 10.3. The summed E-state index contributed by atoms with van der Waals surface area (Å²) in [5, 5.41) is 2.83. The first kappa shape index (κ1) is 20.1. The number of ether oxygens (including phenoxy) is 2. The lowest BCUT2D eigenvalue weighted by Crippen LogP contribution is -2.18. The molecule has 0 aliphatic rings. The number of aryl methyl sites for hydroxylation is 3. The van der Waals surface area contributed by atoms with Crippen molar-refractivity contribution in [3.63, 3.8) is 0 Å². The molecular formula is C24H23NO4. The van der Waals surface area contributed by atoms with Crippen LogP contribution in [0.25, 0.3) is 0 Å². The summed E-state index contributed by atoms with van der Waals surface area (Å²) in [7, 11) is 0.